The molecule has 2 aromatic heterocycles. The summed E-state index contributed by atoms with van der Waals surface area (Å²) in [6.07, 6.45) is 2.13. The van der Waals surface area contributed by atoms with Crippen molar-refractivity contribution in [2.24, 2.45) is 5.92 Å². The van der Waals surface area contributed by atoms with Crippen LogP contribution in [0.5, 0.6) is 0 Å². The van der Waals surface area contributed by atoms with E-state index in [1.54, 1.807) is 28.9 Å². The number of amides is 2. The second-order valence-corrected chi connectivity index (χ2v) is 10.5. The highest BCUT2D eigenvalue weighted by atomic mass is 35.5. The van der Waals surface area contributed by atoms with Crippen molar-refractivity contribution in [2.45, 2.75) is 46.1 Å². The number of rotatable bonds is 3. The minimum absolute atomic E-state index is 0.0732. The molecule has 1 fully saturated rings. The molecule has 1 unspecified atom stereocenters. The number of aromatic nitrogens is 3. The molecule has 1 saturated heterocycles. The van der Waals surface area contributed by atoms with Gasteiger partial charge in [0.1, 0.15) is 4.70 Å². The lowest BCUT2D eigenvalue weighted by Gasteiger charge is -2.30. The van der Waals surface area contributed by atoms with Crippen molar-refractivity contribution >= 4 is 50.2 Å². The fraction of sp³-hybridized carbons (Fsp3) is 0.455. The largest absolute Gasteiger partial charge is 0.337 e. The van der Waals surface area contributed by atoms with Crippen LogP contribution in [0.1, 0.15) is 61.4 Å². The Morgan fingerprint density at radius 1 is 1.29 bits per heavy atom. The van der Waals surface area contributed by atoms with Crippen molar-refractivity contribution in [3.63, 3.8) is 0 Å². The van der Waals surface area contributed by atoms with E-state index in [-0.39, 0.29) is 17.4 Å². The van der Waals surface area contributed by atoms with Crippen molar-refractivity contribution in [2.75, 3.05) is 18.4 Å². The predicted octanol–water partition coefficient (Wildman–Crippen LogP) is 5.03. The van der Waals surface area contributed by atoms with Crippen LogP contribution in [0.3, 0.4) is 0 Å². The number of carbonyl (C=O) groups excluding carboxylic acids is 2. The monoisotopic (exact) mass is 459 g/mol. The van der Waals surface area contributed by atoms with Gasteiger partial charge in [-0.1, -0.05) is 35.9 Å². The highest BCUT2D eigenvalue weighted by Crippen LogP contribution is 2.33. The van der Waals surface area contributed by atoms with Gasteiger partial charge in [0.25, 0.3) is 11.8 Å². The second kappa shape index (κ2) is 8.24. The van der Waals surface area contributed by atoms with Gasteiger partial charge in [-0.15, -0.1) is 0 Å². The molecule has 4 rings (SSSR count). The molecule has 1 N–H and O–H groups in total. The summed E-state index contributed by atoms with van der Waals surface area (Å²) in [5.41, 5.74) is 1.09. The fourth-order valence-corrected chi connectivity index (χ4v) is 4.89. The van der Waals surface area contributed by atoms with Gasteiger partial charge in [-0.05, 0) is 57.7 Å². The molecule has 1 atom stereocenters. The van der Waals surface area contributed by atoms with Crippen LogP contribution in [-0.4, -0.2) is 44.6 Å². The first-order valence-electron chi connectivity index (χ1n) is 10.4. The van der Waals surface area contributed by atoms with E-state index in [0.717, 1.165) is 25.9 Å². The Balaban J connectivity index is 1.70. The van der Waals surface area contributed by atoms with E-state index in [9.17, 15) is 9.59 Å². The third-order valence-corrected chi connectivity index (χ3v) is 6.52. The minimum Gasteiger partial charge on any atom is -0.337 e. The van der Waals surface area contributed by atoms with Gasteiger partial charge >= 0.3 is 0 Å². The second-order valence-electron chi connectivity index (χ2n) is 9.07. The third-order valence-electron chi connectivity index (χ3n) is 5.31. The summed E-state index contributed by atoms with van der Waals surface area (Å²) in [6.45, 7) is 9.68. The number of benzene rings is 1. The zero-order valence-corrected chi connectivity index (χ0v) is 19.7. The van der Waals surface area contributed by atoms with Crippen LogP contribution in [0.15, 0.2) is 24.3 Å². The minimum atomic E-state index is -0.367. The first-order chi connectivity index (χ1) is 14.6. The Morgan fingerprint density at radius 3 is 2.74 bits per heavy atom. The van der Waals surface area contributed by atoms with Gasteiger partial charge in [0, 0.05) is 23.7 Å². The topological polar surface area (TPSA) is 80.1 Å². The van der Waals surface area contributed by atoms with Crippen LogP contribution in [-0.2, 0) is 5.54 Å². The van der Waals surface area contributed by atoms with Crippen LogP contribution in [0.25, 0.3) is 10.3 Å². The molecular formula is C22H26ClN5O2S. The summed E-state index contributed by atoms with van der Waals surface area (Å²) >= 11 is 7.28. The Kier molecular flexibility index (Phi) is 5.79. The smallest absolute Gasteiger partial charge is 0.275 e. The van der Waals surface area contributed by atoms with Crippen molar-refractivity contribution in [3.05, 3.63) is 40.5 Å². The molecule has 0 spiro atoms. The Hall–Kier alpha value is -2.45. The molecule has 0 aliphatic carbocycles. The molecular weight excluding hydrogens is 434 g/mol. The molecule has 1 aliphatic heterocycles. The Bertz CT molecular complexity index is 1150. The zero-order chi connectivity index (χ0) is 22.3. The van der Waals surface area contributed by atoms with E-state index in [4.69, 9.17) is 11.6 Å². The van der Waals surface area contributed by atoms with Gasteiger partial charge in [0.2, 0.25) is 0 Å². The van der Waals surface area contributed by atoms with Crippen molar-refractivity contribution < 1.29 is 9.59 Å². The maximum absolute atomic E-state index is 13.3. The predicted molar refractivity (Wildman–Crippen MR) is 124 cm³/mol. The number of piperidine rings is 1. The van der Waals surface area contributed by atoms with Crippen LogP contribution < -0.4 is 5.32 Å². The molecule has 1 aromatic carbocycles. The van der Waals surface area contributed by atoms with Gasteiger partial charge in [-0.3, -0.25) is 14.9 Å². The molecule has 31 heavy (non-hydrogen) atoms. The van der Waals surface area contributed by atoms with E-state index in [2.05, 4.69) is 22.3 Å². The number of hydrogen-bond donors (Lipinski definition) is 1. The van der Waals surface area contributed by atoms with E-state index in [0.29, 0.717) is 37.7 Å². The van der Waals surface area contributed by atoms with E-state index >= 15 is 0 Å². The van der Waals surface area contributed by atoms with Gasteiger partial charge in [-0.2, -0.15) is 10.1 Å². The normalized spacial score (nSPS) is 17.2. The number of carbonyl (C=O) groups is 2. The average molecular weight is 460 g/mol. The van der Waals surface area contributed by atoms with Gasteiger partial charge in [0.05, 0.1) is 5.54 Å². The van der Waals surface area contributed by atoms with Gasteiger partial charge in [-0.25, -0.2) is 4.68 Å². The van der Waals surface area contributed by atoms with Crippen LogP contribution in [0.4, 0.5) is 5.13 Å². The SMILES string of the molecule is CC1CCCN(C(=O)c2nn(C(C)(C)C)c3nc(NC(=O)c4cccc(Cl)c4)sc23)C1. The number of nitrogens with one attached hydrogen (secondary N) is 1. The molecule has 7 nitrogen and oxygen atoms in total. The number of likely N-dealkylation sites (tertiary alicyclic amines) is 1. The van der Waals surface area contributed by atoms with Gasteiger partial charge < -0.3 is 4.90 Å². The lowest BCUT2D eigenvalue weighted by molar-refractivity contribution is 0.0677. The standard InChI is InChI=1S/C22H26ClN5O2S/c1-13-7-6-10-27(12-13)20(30)16-17-18(28(26-16)22(2,3)4)24-21(31-17)25-19(29)14-8-5-9-15(23)11-14/h5,8-9,11,13H,6-7,10,12H2,1-4H3,(H,24,25,29). The summed E-state index contributed by atoms with van der Waals surface area (Å²) in [5.74, 6) is 0.106. The number of hydrogen-bond acceptors (Lipinski definition) is 5. The summed E-state index contributed by atoms with van der Waals surface area (Å²) < 4.78 is 2.47. The number of halogens is 1. The highest BCUT2D eigenvalue weighted by molar-refractivity contribution is 7.22. The van der Waals surface area contributed by atoms with Gasteiger partial charge in [0.15, 0.2) is 16.5 Å². The number of anilines is 1. The van der Waals surface area contributed by atoms with E-state index < -0.39 is 0 Å². The number of nitrogens with zero attached hydrogens (tertiary/aromatic N) is 4. The van der Waals surface area contributed by atoms with Crippen LogP contribution in [0, 0.1) is 5.92 Å². The zero-order valence-electron chi connectivity index (χ0n) is 18.1. The van der Waals surface area contributed by atoms with Crippen LogP contribution >= 0.6 is 22.9 Å². The van der Waals surface area contributed by atoms with E-state index in [1.807, 2.05) is 25.7 Å². The molecule has 0 saturated carbocycles. The Labute approximate surface area is 190 Å². The quantitative estimate of drug-likeness (QED) is 0.595. The highest BCUT2D eigenvalue weighted by Gasteiger charge is 2.31. The molecule has 3 aromatic rings. The maximum atomic E-state index is 13.3. The summed E-state index contributed by atoms with van der Waals surface area (Å²) in [4.78, 5) is 32.5. The first-order valence-corrected chi connectivity index (χ1v) is 11.6. The fourth-order valence-electron chi connectivity index (χ4n) is 3.79. The van der Waals surface area contributed by atoms with E-state index in [1.165, 1.54) is 11.3 Å². The summed E-state index contributed by atoms with van der Waals surface area (Å²) in [5, 5.41) is 8.41. The molecule has 3 heterocycles. The van der Waals surface area contributed by atoms with Crippen molar-refractivity contribution in [1.82, 2.24) is 19.7 Å². The molecule has 2 amide bonds. The molecule has 9 heteroatoms. The molecule has 1 aliphatic rings. The van der Waals surface area contributed by atoms with Crippen LogP contribution in [0.2, 0.25) is 5.02 Å². The first kappa shape index (κ1) is 21.8. The lowest BCUT2D eigenvalue weighted by Crippen LogP contribution is -2.39. The summed E-state index contributed by atoms with van der Waals surface area (Å²) in [7, 11) is 0. The average Bonchev–Trinajstić information content (AvgIpc) is 3.25. The molecule has 164 valence electrons. The van der Waals surface area contributed by atoms with Crippen molar-refractivity contribution in [3.8, 4) is 0 Å². The van der Waals surface area contributed by atoms with Crippen molar-refractivity contribution in [1.29, 1.82) is 0 Å². The molecule has 0 radical (unpaired) electrons. The maximum Gasteiger partial charge on any atom is 0.275 e. The third kappa shape index (κ3) is 4.45. The number of fused-ring (bicyclic) bond motifs is 1. The Morgan fingerprint density at radius 2 is 2.06 bits per heavy atom. The lowest BCUT2D eigenvalue weighted by atomic mass is 10.00. The molecule has 0 bridgehead atoms. The number of thiazole rings is 1. The summed E-state index contributed by atoms with van der Waals surface area (Å²) in [6, 6.07) is 6.74.